The summed E-state index contributed by atoms with van der Waals surface area (Å²) in [5.74, 6) is -1.27. The zero-order valence-electron chi connectivity index (χ0n) is 11.0. The molecular formula is C13H18N2O3. The van der Waals surface area contributed by atoms with E-state index in [2.05, 4.69) is 10.3 Å². The Hall–Kier alpha value is -2.04. The fraction of sp³-hybridized carbons (Fsp3) is 0.385. The van der Waals surface area contributed by atoms with Crippen LogP contribution >= 0.6 is 0 Å². The lowest BCUT2D eigenvalue weighted by molar-refractivity contribution is -0.116. The predicted molar refractivity (Wildman–Crippen MR) is 69.5 cm³/mol. The summed E-state index contributed by atoms with van der Waals surface area (Å²) in [5, 5.41) is 11.8. The standard InChI is InChI=1S/C13H18N2O3/c1-7(2)14-11(16)6-5-10-8(3)9(4)15-12(10)13(17)18/h5-7,15H,1-4H3,(H,14,16)(H,17,18)/b6-5+. The Morgan fingerprint density at radius 3 is 2.44 bits per heavy atom. The van der Waals surface area contributed by atoms with Gasteiger partial charge in [-0.3, -0.25) is 4.79 Å². The smallest absolute Gasteiger partial charge is 0.352 e. The Kier molecular flexibility index (Phi) is 4.31. The summed E-state index contributed by atoms with van der Waals surface area (Å²) in [5.41, 5.74) is 2.27. The van der Waals surface area contributed by atoms with Crippen LogP contribution in [0, 0.1) is 13.8 Å². The molecule has 1 heterocycles. The van der Waals surface area contributed by atoms with Crippen LogP contribution in [0.5, 0.6) is 0 Å². The van der Waals surface area contributed by atoms with E-state index in [0.717, 1.165) is 11.3 Å². The molecule has 0 spiro atoms. The molecule has 18 heavy (non-hydrogen) atoms. The average Bonchev–Trinajstić information content (AvgIpc) is 2.52. The van der Waals surface area contributed by atoms with Crippen LogP contribution in [-0.2, 0) is 4.79 Å². The number of carboxylic acid groups (broad SMARTS) is 1. The van der Waals surface area contributed by atoms with E-state index in [4.69, 9.17) is 5.11 Å². The molecule has 5 heteroatoms. The number of aromatic amines is 1. The zero-order valence-corrected chi connectivity index (χ0v) is 11.0. The molecule has 0 aromatic carbocycles. The van der Waals surface area contributed by atoms with E-state index in [-0.39, 0.29) is 17.6 Å². The van der Waals surface area contributed by atoms with Crippen molar-refractivity contribution in [2.75, 3.05) is 0 Å². The number of nitrogens with one attached hydrogen (secondary N) is 2. The highest BCUT2D eigenvalue weighted by Crippen LogP contribution is 2.19. The number of amides is 1. The Bertz CT molecular complexity index is 499. The van der Waals surface area contributed by atoms with Gasteiger partial charge in [0, 0.05) is 23.4 Å². The van der Waals surface area contributed by atoms with E-state index in [1.54, 1.807) is 6.92 Å². The van der Waals surface area contributed by atoms with Crippen LogP contribution in [0.15, 0.2) is 6.08 Å². The van der Waals surface area contributed by atoms with Crippen molar-refractivity contribution < 1.29 is 14.7 Å². The van der Waals surface area contributed by atoms with Crippen LogP contribution in [0.2, 0.25) is 0 Å². The van der Waals surface area contributed by atoms with Gasteiger partial charge in [0.25, 0.3) is 0 Å². The highest BCUT2D eigenvalue weighted by Gasteiger charge is 2.15. The van der Waals surface area contributed by atoms with Crippen molar-refractivity contribution in [1.82, 2.24) is 10.3 Å². The number of aryl methyl sites for hydroxylation is 1. The highest BCUT2D eigenvalue weighted by atomic mass is 16.4. The highest BCUT2D eigenvalue weighted by molar-refractivity contribution is 5.96. The Morgan fingerprint density at radius 2 is 1.94 bits per heavy atom. The maximum absolute atomic E-state index is 11.5. The maximum atomic E-state index is 11.5. The first-order valence-electron chi connectivity index (χ1n) is 5.74. The molecule has 0 radical (unpaired) electrons. The van der Waals surface area contributed by atoms with Crippen LogP contribution in [0.1, 0.15) is 41.2 Å². The predicted octanol–water partition coefficient (Wildman–Crippen LogP) is 1.87. The van der Waals surface area contributed by atoms with E-state index in [1.165, 1.54) is 12.2 Å². The van der Waals surface area contributed by atoms with Crippen LogP contribution in [-0.4, -0.2) is 28.0 Å². The van der Waals surface area contributed by atoms with Crippen LogP contribution in [0.3, 0.4) is 0 Å². The Balaban J connectivity index is 3.00. The number of carbonyl (C=O) groups is 2. The molecule has 1 aromatic heterocycles. The van der Waals surface area contributed by atoms with Crippen molar-refractivity contribution in [2.45, 2.75) is 33.7 Å². The lowest BCUT2D eigenvalue weighted by atomic mass is 10.1. The quantitative estimate of drug-likeness (QED) is 0.713. The van der Waals surface area contributed by atoms with Crippen molar-refractivity contribution in [3.05, 3.63) is 28.6 Å². The normalized spacial score (nSPS) is 11.2. The van der Waals surface area contributed by atoms with Crippen LogP contribution in [0.4, 0.5) is 0 Å². The molecule has 0 fully saturated rings. The van der Waals surface area contributed by atoms with Crippen LogP contribution in [0.25, 0.3) is 6.08 Å². The fourth-order valence-electron chi connectivity index (χ4n) is 1.61. The zero-order chi connectivity index (χ0) is 13.9. The minimum absolute atomic E-state index is 0.0511. The second-order valence-electron chi connectivity index (χ2n) is 4.47. The molecule has 3 N–H and O–H groups in total. The first-order valence-corrected chi connectivity index (χ1v) is 5.74. The van der Waals surface area contributed by atoms with E-state index in [9.17, 15) is 9.59 Å². The first-order chi connectivity index (χ1) is 8.32. The molecule has 1 amide bonds. The topological polar surface area (TPSA) is 82.2 Å². The van der Waals surface area contributed by atoms with E-state index in [1.807, 2.05) is 20.8 Å². The minimum Gasteiger partial charge on any atom is -0.477 e. The molecule has 0 bridgehead atoms. The average molecular weight is 250 g/mol. The third kappa shape index (κ3) is 3.23. The third-order valence-corrected chi connectivity index (χ3v) is 2.59. The lowest BCUT2D eigenvalue weighted by Crippen LogP contribution is -2.28. The monoisotopic (exact) mass is 250 g/mol. The van der Waals surface area contributed by atoms with Crippen molar-refractivity contribution in [3.63, 3.8) is 0 Å². The molecule has 0 aliphatic heterocycles. The van der Waals surface area contributed by atoms with Gasteiger partial charge in [0.1, 0.15) is 5.69 Å². The summed E-state index contributed by atoms with van der Waals surface area (Å²) < 4.78 is 0. The van der Waals surface area contributed by atoms with Crippen molar-refractivity contribution >= 4 is 18.0 Å². The largest absolute Gasteiger partial charge is 0.477 e. The summed E-state index contributed by atoms with van der Waals surface area (Å²) in [6.45, 7) is 7.34. The Morgan fingerprint density at radius 1 is 1.33 bits per heavy atom. The molecule has 0 aliphatic carbocycles. The molecule has 0 saturated carbocycles. The van der Waals surface area contributed by atoms with Gasteiger partial charge in [-0.05, 0) is 39.3 Å². The molecular weight excluding hydrogens is 232 g/mol. The van der Waals surface area contributed by atoms with Gasteiger partial charge in [0.15, 0.2) is 0 Å². The molecule has 5 nitrogen and oxygen atoms in total. The van der Waals surface area contributed by atoms with E-state index in [0.29, 0.717) is 5.56 Å². The van der Waals surface area contributed by atoms with Gasteiger partial charge < -0.3 is 15.4 Å². The first kappa shape index (κ1) is 14.0. The molecule has 0 saturated heterocycles. The van der Waals surface area contributed by atoms with E-state index < -0.39 is 5.97 Å². The molecule has 0 aliphatic rings. The number of aromatic carboxylic acids is 1. The van der Waals surface area contributed by atoms with E-state index >= 15 is 0 Å². The van der Waals surface area contributed by atoms with Crippen molar-refractivity contribution in [3.8, 4) is 0 Å². The van der Waals surface area contributed by atoms with Gasteiger partial charge in [-0.1, -0.05) is 0 Å². The van der Waals surface area contributed by atoms with Crippen LogP contribution < -0.4 is 5.32 Å². The number of H-pyrrole nitrogens is 1. The fourth-order valence-corrected chi connectivity index (χ4v) is 1.61. The summed E-state index contributed by atoms with van der Waals surface area (Å²) >= 11 is 0. The molecule has 0 unspecified atom stereocenters. The summed E-state index contributed by atoms with van der Waals surface area (Å²) in [4.78, 5) is 25.3. The van der Waals surface area contributed by atoms with Crippen molar-refractivity contribution in [1.29, 1.82) is 0 Å². The third-order valence-electron chi connectivity index (χ3n) is 2.59. The van der Waals surface area contributed by atoms with Gasteiger partial charge >= 0.3 is 5.97 Å². The second-order valence-corrected chi connectivity index (χ2v) is 4.47. The Labute approximate surface area is 106 Å². The number of hydrogen-bond donors (Lipinski definition) is 3. The number of hydrogen-bond acceptors (Lipinski definition) is 2. The van der Waals surface area contributed by atoms with Gasteiger partial charge in [0.05, 0.1) is 0 Å². The van der Waals surface area contributed by atoms with Gasteiger partial charge in [-0.15, -0.1) is 0 Å². The number of aromatic nitrogens is 1. The second kappa shape index (κ2) is 5.53. The number of carbonyl (C=O) groups excluding carboxylic acids is 1. The maximum Gasteiger partial charge on any atom is 0.352 e. The summed E-state index contributed by atoms with van der Waals surface area (Å²) in [6, 6.07) is 0.0511. The molecule has 0 atom stereocenters. The molecule has 1 aromatic rings. The van der Waals surface area contributed by atoms with Gasteiger partial charge in [-0.2, -0.15) is 0 Å². The summed E-state index contributed by atoms with van der Waals surface area (Å²) in [7, 11) is 0. The minimum atomic E-state index is -1.03. The number of carboxylic acids is 1. The summed E-state index contributed by atoms with van der Waals surface area (Å²) in [6.07, 6.45) is 2.88. The van der Waals surface area contributed by atoms with Crippen molar-refractivity contribution in [2.24, 2.45) is 0 Å². The van der Waals surface area contributed by atoms with Gasteiger partial charge in [-0.25, -0.2) is 4.79 Å². The van der Waals surface area contributed by atoms with Gasteiger partial charge in [0.2, 0.25) is 5.91 Å². The molecule has 98 valence electrons. The SMILES string of the molecule is Cc1[nH]c(C(=O)O)c(/C=C/C(=O)NC(C)C)c1C. The molecule has 1 rings (SSSR count). The number of rotatable bonds is 4. The lowest BCUT2D eigenvalue weighted by Gasteiger charge is -2.04.